The Morgan fingerprint density at radius 3 is 2.15 bits per heavy atom. The fraction of sp³-hybridized carbons (Fsp3) is 1.00. The van der Waals surface area contributed by atoms with Gasteiger partial charge in [-0.25, -0.2) is 0 Å². The van der Waals surface area contributed by atoms with E-state index in [1.807, 2.05) is 0 Å². The molecule has 0 aliphatic heterocycles. The van der Waals surface area contributed by atoms with Crippen LogP contribution in [-0.2, 0) is 10.1 Å². The number of nitrogens with zero attached hydrogens (tertiary/aromatic N) is 1. The van der Waals surface area contributed by atoms with Gasteiger partial charge in [0.1, 0.15) is 0 Å². The number of likely N-dealkylation sites (N-methyl/N-ethyl adjacent to an activating group) is 1. The maximum atomic E-state index is 10.4. The standard InChI is InChI=1S/C7H17NO4S/c1-6(7(2)9)8(3)4-5-13(10,11)12/h6-7,9H,4-5H2,1-3H3,(H,10,11,12)/t6-,7?/m1/s1. The quantitative estimate of drug-likeness (QED) is 0.604. The second-order valence-corrected chi connectivity index (χ2v) is 4.82. The van der Waals surface area contributed by atoms with Crippen LogP contribution in [0.1, 0.15) is 13.8 Å². The van der Waals surface area contributed by atoms with Crippen LogP contribution in [0.15, 0.2) is 0 Å². The third-order valence-corrected chi connectivity index (χ3v) is 2.79. The van der Waals surface area contributed by atoms with Gasteiger partial charge in [-0.1, -0.05) is 0 Å². The van der Waals surface area contributed by atoms with Crippen molar-refractivity contribution in [1.82, 2.24) is 4.90 Å². The van der Waals surface area contributed by atoms with E-state index in [0.717, 1.165) is 0 Å². The minimum atomic E-state index is -3.90. The molecule has 0 aromatic heterocycles. The summed E-state index contributed by atoms with van der Waals surface area (Å²) < 4.78 is 29.3. The van der Waals surface area contributed by atoms with Crippen LogP contribution >= 0.6 is 0 Å². The van der Waals surface area contributed by atoms with E-state index in [-0.39, 0.29) is 18.3 Å². The predicted molar refractivity (Wildman–Crippen MR) is 50.2 cm³/mol. The average Bonchev–Trinajstić information content (AvgIpc) is 1.97. The molecule has 0 saturated heterocycles. The first-order chi connectivity index (χ1) is 5.74. The number of aliphatic hydroxyl groups excluding tert-OH is 1. The molecular weight excluding hydrogens is 194 g/mol. The summed E-state index contributed by atoms with van der Waals surface area (Å²) in [6.45, 7) is 3.63. The molecule has 0 bridgehead atoms. The average molecular weight is 211 g/mol. The molecule has 0 rings (SSSR count). The lowest BCUT2D eigenvalue weighted by Crippen LogP contribution is -2.39. The summed E-state index contributed by atoms with van der Waals surface area (Å²) in [6.07, 6.45) is -0.522. The maximum absolute atomic E-state index is 10.4. The van der Waals surface area contributed by atoms with Crippen molar-refractivity contribution in [2.75, 3.05) is 19.3 Å². The molecule has 1 unspecified atom stereocenters. The van der Waals surface area contributed by atoms with E-state index in [1.165, 1.54) is 0 Å². The van der Waals surface area contributed by atoms with E-state index in [4.69, 9.17) is 9.66 Å². The SMILES string of the molecule is CC(O)[C@@H](C)N(C)CCS(=O)(=O)O. The summed E-state index contributed by atoms with van der Waals surface area (Å²) in [5, 5.41) is 9.17. The van der Waals surface area contributed by atoms with Gasteiger partial charge < -0.3 is 10.0 Å². The van der Waals surface area contributed by atoms with Crippen LogP contribution in [0.25, 0.3) is 0 Å². The van der Waals surface area contributed by atoms with Gasteiger partial charge in [0, 0.05) is 12.6 Å². The van der Waals surface area contributed by atoms with Crippen LogP contribution in [-0.4, -0.2) is 54.5 Å². The van der Waals surface area contributed by atoms with Crippen molar-refractivity contribution in [3.8, 4) is 0 Å². The molecule has 0 radical (unpaired) electrons. The molecule has 0 aliphatic rings. The molecule has 0 heterocycles. The van der Waals surface area contributed by atoms with Crippen molar-refractivity contribution in [3.63, 3.8) is 0 Å². The summed E-state index contributed by atoms with van der Waals surface area (Å²) in [5.74, 6) is -0.305. The lowest BCUT2D eigenvalue weighted by molar-refractivity contribution is 0.0899. The van der Waals surface area contributed by atoms with Gasteiger partial charge in [0.25, 0.3) is 10.1 Å². The molecule has 5 nitrogen and oxygen atoms in total. The van der Waals surface area contributed by atoms with Gasteiger partial charge in [0.05, 0.1) is 11.9 Å². The largest absolute Gasteiger partial charge is 0.392 e. The second-order valence-electron chi connectivity index (χ2n) is 3.25. The van der Waals surface area contributed by atoms with Gasteiger partial charge in [-0.3, -0.25) is 4.55 Å². The first-order valence-electron chi connectivity index (χ1n) is 4.07. The molecule has 0 aromatic carbocycles. The highest BCUT2D eigenvalue weighted by Crippen LogP contribution is 2.01. The third-order valence-electron chi connectivity index (χ3n) is 2.10. The maximum Gasteiger partial charge on any atom is 0.266 e. The zero-order valence-electron chi connectivity index (χ0n) is 8.14. The highest BCUT2D eigenvalue weighted by Gasteiger charge is 2.16. The zero-order valence-corrected chi connectivity index (χ0v) is 8.95. The summed E-state index contributed by atoms with van der Waals surface area (Å²) in [7, 11) is -2.20. The van der Waals surface area contributed by atoms with Crippen LogP contribution in [0.5, 0.6) is 0 Å². The second kappa shape index (κ2) is 4.90. The van der Waals surface area contributed by atoms with E-state index in [9.17, 15) is 8.42 Å². The third kappa shape index (κ3) is 5.98. The fourth-order valence-electron chi connectivity index (χ4n) is 0.831. The van der Waals surface area contributed by atoms with E-state index in [2.05, 4.69) is 0 Å². The summed E-state index contributed by atoms with van der Waals surface area (Å²) in [4.78, 5) is 1.68. The highest BCUT2D eigenvalue weighted by molar-refractivity contribution is 7.85. The Hall–Kier alpha value is -0.170. The topological polar surface area (TPSA) is 77.8 Å². The van der Waals surface area contributed by atoms with Crippen LogP contribution < -0.4 is 0 Å². The number of aliphatic hydroxyl groups is 1. The smallest absolute Gasteiger partial charge is 0.266 e. The summed E-state index contributed by atoms with van der Waals surface area (Å²) in [5.41, 5.74) is 0. The summed E-state index contributed by atoms with van der Waals surface area (Å²) >= 11 is 0. The fourth-order valence-corrected chi connectivity index (χ4v) is 1.35. The molecule has 0 saturated carbocycles. The van der Waals surface area contributed by atoms with Crippen molar-refractivity contribution in [1.29, 1.82) is 0 Å². The Morgan fingerprint density at radius 2 is 1.85 bits per heavy atom. The minimum Gasteiger partial charge on any atom is -0.392 e. The van der Waals surface area contributed by atoms with Crippen molar-refractivity contribution in [2.45, 2.75) is 26.0 Å². The lowest BCUT2D eigenvalue weighted by Gasteiger charge is -2.26. The first-order valence-corrected chi connectivity index (χ1v) is 5.68. The van der Waals surface area contributed by atoms with Crippen molar-refractivity contribution in [3.05, 3.63) is 0 Å². The van der Waals surface area contributed by atoms with Gasteiger partial charge in [0.2, 0.25) is 0 Å². The minimum absolute atomic E-state index is 0.123. The molecule has 6 heteroatoms. The molecular formula is C7H17NO4S. The monoisotopic (exact) mass is 211 g/mol. The Balaban J connectivity index is 3.95. The van der Waals surface area contributed by atoms with Crippen LogP contribution in [0.2, 0.25) is 0 Å². The Morgan fingerprint density at radius 1 is 1.38 bits per heavy atom. The van der Waals surface area contributed by atoms with Gasteiger partial charge in [-0.2, -0.15) is 8.42 Å². The Bertz CT molecular complexity index is 237. The predicted octanol–water partition coefficient (Wildman–Crippen LogP) is -0.425. The zero-order chi connectivity index (χ0) is 10.6. The Kier molecular flexibility index (Phi) is 4.83. The van der Waals surface area contributed by atoms with E-state index >= 15 is 0 Å². The molecule has 13 heavy (non-hydrogen) atoms. The number of hydrogen-bond acceptors (Lipinski definition) is 4. The van der Waals surface area contributed by atoms with Gasteiger partial charge in [-0.05, 0) is 20.9 Å². The van der Waals surface area contributed by atoms with Crippen LogP contribution in [0.4, 0.5) is 0 Å². The van der Waals surface area contributed by atoms with Crippen molar-refractivity contribution in [2.24, 2.45) is 0 Å². The van der Waals surface area contributed by atoms with Crippen LogP contribution in [0, 0.1) is 0 Å². The highest BCUT2D eigenvalue weighted by atomic mass is 32.2. The molecule has 2 atom stereocenters. The molecule has 0 amide bonds. The lowest BCUT2D eigenvalue weighted by atomic mass is 10.2. The van der Waals surface area contributed by atoms with Crippen molar-refractivity contribution < 1.29 is 18.1 Å². The Labute approximate surface area is 79.1 Å². The molecule has 2 N–H and O–H groups in total. The number of rotatable bonds is 5. The van der Waals surface area contributed by atoms with Gasteiger partial charge >= 0.3 is 0 Å². The molecule has 0 fully saturated rings. The summed E-state index contributed by atoms with van der Waals surface area (Å²) in [6, 6.07) is -0.123. The first kappa shape index (κ1) is 12.8. The molecule has 80 valence electrons. The van der Waals surface area contributed by atoms with Crippen molar-refractivity contribution >= 4 is 10.1 Å². The normalized spacial score (nSPS) is 17.4. The van der Waals surface area contributed by atoms with Gasteiger partial charge in [-0.15, -0.1) is 0 Å². The van der Waals surface area contributed by atoms with Gasteiger partial charge in [0.15, 0.2) is 0 Å². The molecule has 0 aromatic rings. The van der Waals surface area contributed by atoms with Crippen LogP contribution in [0.3, 0.4) is 0 Å². The number of hydrogen-bond donors (Lipinski definition) is 2. The van der Waals surface area contributed by atoms with E-state index < -0.39 is 16.2 Å². The molecule has 0 aliphatic carbocycles. The van der Waals surface area contributed by atoms with E-state index in [1.54, 1.807) is 25.8 Å². The van der Waals surface area contributed by atoms with E-state index in [0.29, 0.717) is 0 Å². The molecule has 0 spiro atoms.